The number of Topliss-reactive ketones (excluding diaryl/α,β-unsaturated/α-hetero) is 1. The molecule has 88 valence electrons. The molecule has 0 spiro atoms. The molecular weight excluding hydrogens is 287 g/mol. The Balaban J connectivity index is 2.26. The van der Waals surface area contributed by atoms with Crippen LogP contribution in [0.25, 0.3) is 0 Å². The Bertz CT molecular complexity index is 565. The van der Waals surface area contributed by atoms with Gasteiger partial charge in [0.1, 0.15) is 11.6 Å². The molecule has 0 radical (unpaired) electrons. The molecule has 1 aromatic carbocycles. The van der Waals surface area contributed by atoms with Gasteiger partial charge in [-0.05, 0) is 18.2 Å². The molecule has 5 heteroatoms. The van der Waals surface area contributed by atoms with Crippen molar-refractivity contribution in [3.05, 3.63) is 52.3 Å². The lowest BCUT2D eigenvalue weighted by atomic mass is 10.1. The van der Waals surface area contributed by atoms with E-state index in [1.54, 1.807) is 17.0 Å². The summed E-state index contributed by atoms with van der Waals surface area (Å²) in [6, 6.07) is 4.07. The first-order chi connectivity index (χ1) is 8.08. The summed E-state index contributed by atoms with van der Waals surface area (Å²) >= 11 is 3.24. The van der Waals surface area contributed by atoms with Crippen molar-refractivity contribution in [2.45, 2.75) is 6.42 Å². The van der Waals surface area contributed by atoms with E-state index in [9.17, 15) is 9.18 Å². The van der Waals surface area contributed by atoms with Gasteiger partial charge in [-0.3, -0.25) is 4.79 Å². The highest BCUT2D eigenvalue weighted by molar-refractivity contribution is 9.10. The SMILES string of the molecule is Cn1ccnc1CC(=O)c1cc(F)ccc1Br. The minimum absolute atomic E-state index is 0.158. The van der Waals surface area contributed by atoms with Crippen LogP contribution in [0.5, 0.6) is 0 Å². The zero-order valence-corrected chi connectivity index (χ0v) is 10.7. The summed E-state index contributed by atoms with van der Waals surface area (Å²) in [5, 5.41) is 0. The minimum Gasteiger partial charge on any atom is -0.338 e. The number of aromatic nitrogens is 2. The van der Waals surface area contributed by atoms with E-state index in [1.807, 2.05) is 7.05 Å². The molecule has 2 rings (SSSR count). The predicted octanol–water partition coefficient (Wildman–Crippen LogP) is 2.75. The van der Waals surface area contributed by atoms with Crippen LogP contribution < -0.4 is 0 Å². The number of ketones is 1. The number of carbonyl (C=O) groups is 1. The fourth-order valence-corrected chi connectivity index (χ4v) is 1.98. The number of hydrogen-bond acceptors (Lipinski definition) is 2. The Hall–Kier alpha value is -1.49. The second kappa shape index (κ2) is 4.79. The van der Waals surface area contributed by atoms with Crippen molar-refractivity contribution in [3.8, 4) is 0 Å². The second-order valence-corrected chi connectivity index (χ2v) is 4.53. The molecule has 17 heavy (non-hydrogen) atoms. The summed E-state index contributed by atoms with van der Waals surface area (Å²) in [6.07, 6.45) is 3.55. The van der Waals surface area contributed by atoms with Crippen LogP contribution in [0, 0.1) is 5.82 Å². The van der Waals surface area contributed by atoms with Gasteiger partial charge in [0.15, 0.2) is 5.78 Å². The summed E-state index contributed by atoms with van der Waals surface area (Å²) < 4.78 is 15.4. The lowest BCUT2D eigenvalue weighted by molar-refractivity contribution is 0.0989. The van der Waals surface area contributed by atoms with E-state index in [0.29, 0.717) is 15.9 Å². The fraction of sp³-hybridized carbons (Fsp3) is 0.167. The Morgan fingerprint density at radius 3 is 2.94 bits per heavy atom. The third-order valence-corrected chi connectivity index (χ3v) is 3.16. The number of imidazole rings is 1. The molecule has 0 amide bonds. The van der Waals surface area contributed by atoms with Gasteiger partial charge in [-0.25, -0.2) is 9.37 Å². The smallest absolute Gasteiger partial charge is 0.171 e. The maximum absolute atomic E-state index is 13.1. The van der Waals surface area contributed by atoms with Crippen molar-refractivity contribution < 1.29 is 9.18 Å². The average Bonchev–Trinajstić information content (AvgIpc) is 2.68. The fourth-order valence-electron chi connectivity index (χ4n) is 1.52. The van der Waals surface area contributed by atoms with Gasteiger partial charge in [0, 0.05) is 29.5 Å². The van der Waals surface area contributed by atoms with Crippen molar-refractivity contribution in [1.82, 2.24) is 9.55 Å². The summed E-state index contributed by atoms with van der Waals surface area (Å²) in [5.74, 6) is 0.0771. The Kier molecular flexibility index (Phi) is 3.38. The molecule has 0 aliphatic carbocycles. The average molecular weight is 297 g/mol. The molecule has 0 fully saturated rings. The quantitative estimate of drug-likeness (QED) is 0.817. The van der Waals surface area contributed by atoms with Crippen LogP contribution in [-0.2, 0) is 13.5 Å². The molecule has 1 heterocycles. The van der Waals surface area contributed by atoms with Gasteiger partial charge in [-0.1, -0.05) is 15.9 Å². The van der Waals surface area contributed by atoms with Crippen LogP contribution in [0.15, 0.2) is 35.1 Å². The van der Waals surface area contributed by atoms with Crippen LogP contribution in [0.2, 0.25) is 0 Å². The lowest BCUT2D eigenvalue weighted by Gasteiger charge is -2.04. The number of benzene rings is 1. The third kappa shape index (κ3) is 2.61. The van der Waals surface area contributed by atoms with E-state index >= 15 is 0 Å². The Morgan fingerprint density at radius 2 is 2.29 bits per heavy atom. The van der Waals surface area contributed by atoms with Crippen LogP contribution in [0.1, 0.15) is 16.2 Å². The summed E-state index contributed by atoms with van der Waals surface area (Å²) in [7, 11) is 1.82. The van der Waals surface area contributed by atoms with Gasteiger partial charge in [0.25, 0.3) is 0 Å². The first-order valence-electron chi connectivity index (χ1n) is 5.02. The Labute approximate surface area is 106 Å². The maximum atomic E-state index is 13.1. The van der Waals surface area contributed by atoms with Crippen molar-refractivity contribution >= 4 is 21.7 Å². The predicted molar refractivity (Wildman–Crippen MR) is 65.3 cm³/mol. The van der Waals surface area contributed by atoms with E-state index in [4.69, 9.17) is 0 Å². The number of hydrogen-bond donors (Lipinski definition) is 0. The largest absolute Gasteiger partial charge is 0.338 e. The van der Waals surface area contributed by atoms with Crippen LogP contribution in [-0.4, -0.2) is 15.3 Å². The number of aryl methyl sites for hydroxylation is 1. The van der Waals surface area contributed by atoms with E-state index < -0.39 is 5.82 Å². The van der Waals surface area contributed by atoms with Crippen molar-refractivity contribution in [3.63, 3.8) is 0 Å². The molecule has 0 aliphatic heterocycles. The normalized spacial score (nSPS) is 10.5. The van der Waals surface area contributed by atoms with Crippen LogP contribution in [0.3, 0.4) is 0 Å². The summed E-state index contributed by atoms with van der Waals surface area (Å²) in [5.41, 5.74) is 0.341. The van der Waals surface area contributed by atoms with Gasteiger partial charge < -0.3 is 4.57 Å². The number of rotatable bonds is 3. The van der Waals surface area contributed by atoms with Gasteiger partial charge >= 0.3 is 0 Å². The van der Waals surface area contributed by atoms with Gasteiger partial charge in [0.2, 0.25) is 0 Å². The zero-order valence-electron chi connectivity index (χ0n) is 9.15. The minimum atomic E-state index is -0.420. The number of carbonyl (C=O) groups excluding carboxylic acids is 1. The van der Waals surface area contributed by atoms with Crippen LogP contribution in [0.4, 0.5) is 4.39 Å². The highest BCUT2D eigenvalue weighted by atomic mass is 79.9. The molecule has 0 saturated carbocycles. The molecule has 0 saturated heterocycles. The highest BCUT2D eigenvalue weighted by Crippen LogP contribution is 2.19. The molecule has 0 unspecified atom stereocenters. The molecule has 3 nitrogen and oxygen atoms in total. The maximum Gasteiger partial charge on any atom is 0.171 e. The van der Waals surface area contributed by atoms with E-state index in [-0.39, 0.29) is 12.2 Å². The zero-order chi connectivity index (χ0) is 12.4. The molecular formula is C12H10BrFN2O. The first-order valence-corrected chi connectivity index (χ1v) is 5.81. The highest BCUT2D eigenvalue weighted by Gasteiger charge is 2.14. The monoisotopic (exact) mass is 296 g/mol. The first kappa shape index (κ1) is 12.0. The molecule has 2 aromatic rings. The van der Waals surface area contributed by atoms with Crippen molar-refractivity contribution in [1.29, 1.82) is 0 Å². The number of nitrogens with zero attached hydrogens (tertiary/aromatic N) is 2. The third-order valence-electron chi connectivity index (χ3n) is 2.47. The Morgan fingerprint density at radius 1 is 1.53 bits per heavy atom. The van der Waals surface area contributed by atoms with Crippen molar-refractivity contribution in [2.24, 2.45) is 7.05 Å². The lowest BCUT2D eigenvalue weighted by Crippen LogP contribution is -2.09. The molecule has 1 aromatic heterocycles. The van der Waals surface area contributed by atoms with Crippen LogP contribution >= 0.6 is 15.9 Å². The summed E-state index contributed by atoms with van der Waals surface area (Å²) in [6.45, 7) is 0. The van der Waals surface area contributed by atoms with E-state index in [1.165, 1.54) is 18.2 Å². The van der Waals surface area contributed by atoms with Gasteiger partial charge in [-0.2, -0.15) is 0 Å². The molecule has 0 N–H and O–H groups in total. The van der Waals surface area contributed by atoms with Gasteiger partial charge in [0.05, 0.1) is 6.42 Å². The summed E-state index contributed by atoms with van der Waals surface area (Å²) in [4.78, 5) is 16.1. The van der Waals surface area contributed by atoms with Gasteiger partial charge in [-0.15, -0.1) is 0 Å². The molecule has 0 aliphatic rings. The number of halogens is 2. The molecule has 0 atom stereocenters. The molecule has 0 bridgehead atoms. The van der Waals surface area contributed by atoms with E-state index in [0.717, 1.165) is 0 Å². The standard InChI is InChI=1S/C12H10BrFN2O/c1-16-5-4-15-12(16)7-11(17)9-6-8(14)2-3-10(9)13/h2-6H,7H2,1H3. The topological polar surface area (TPSA) is 34.9 Å². The van der Waals surface area contributed by atoms with Crippen molar-refractivity contribution in [2.75, 3.05) is 0 Å². The second-order valence-electron chi connectivity index (χ2n) is 3.68. The van der Waals surface area contributed by atoms with E-state index in [2.05, 4.69) is 20.9 Å².